The largest absolute Gasteiger partial charge is 0.366 e. The van der Waals surface area contributed by atoms with Crippen molar-refractivity contribution in [2.24, 2.45) is 5.73 Å². The summed E-state index contributed by atoms with van der Waals surface area (Å²) in [4.78, 5) is 19.3. The number of aryl methyl sites for hydroxylation is 1. The van der Waals surface area contributed by atoms with Crippen LogP contribution in [0.25, 0.3) is 11.4 Å². The van der Waals surface area contributed by atoms with Crippen molar-refractivity contribution in [1.29, 1.82) is 0 Å². The van der Waals surface area contributed by atoms with E-state index in [9.17, 15) is 4.79 Å². The molecule has 110 valence electrons. The molecule has 0 spiro atoms. The summed E-state index contributed by atoms with van der Waals surface area (Å²) < 4.78 is 0. The number of carbonyl (C=O) groups is 1. The van der Waals surface area contributed by atoms with Gasteiger partial charge < -0.3 is 5.73 Å². The van der Waals surface area contributed by atoms with E-state index in [0.717, 1.165) is 12.0 Å². The Morgan fingerprint density at radius 3 is 2.29 bits per heavy atom. The molecule has 0 saturated heterocycles. The molecule has 21 heavy (non-hydrogen) atoms. The molecule has 2 aromatic rings. The Bertz CT molecular complexity index is 576. The Kier molecular flexibility index (Phi) is 5.43. The fourth-order valence-corrected chi connectivity index (χ4v) is 2.18. The van der Waals surface area contributed by atoms with Gasteiger partial charge in [-0.3, -0.25) is 4.79 Å². The molecule has 1 aromatic carbocycles. The quantitative estimate of drug-likeness (QED) is 0.792. The van der Waals surface area contributed by atoms with Gasteiger partial charge in [-0.15, -0.1) is 0 Å². The molecule has 0 radical (unpaired) electrons. The maximum atomic E-state index is 11.0. The number of nitrogens with two attached hydrogens (primary N) is 1. The first-order chi connectivity index (χ1) is 10.2. The van der Waals surface area contributed by atoms with Gasteiger partial charge in [0.15, 0.2) is 5.82 Å². The summed E-state index contributed by atoms with van der Waals surface area (Å²) in [5.74, 6) is 0.0986. The van der Waals surface area contributed by atoms with Gasteiger partial charge in [-0.25, -0.2) is 9.97 Å². The normalized spacial score (nSPS) is 10.5. The van der Waals surface area contributed by atoms with Crippen molar-refractivity contribution in [3.8, 4) is 11.4 Å². The predicted octanol–water partition coefficient (Wildman–Crippen LogP) is 3.37. The van der Waals surface area contributed by atoms with Crippen molar-refractivity contribution in [2.45, 2.75) is 39.0 Å². The summed E-state index contributed by atoms with van der Waals surface area (Å²) in [6, 6.07) is 8.28. The Balaban J connectivity index is 1.99. The fraction of sp³-hybridized carbons (Fsp3) is 0.353. The number of unbranched alkanes of at least 4 members (excludes halogenated alkanes) is 3. The summed E-state index contributed by atoms with van der Waals surface area (Å²) in [7, 11) is 0. The van der Waals surface area contributed by atoms with E-state index < -0.39 is 5.91 Å². The van der Waals surface area contributed by atoms with Gasteiger partial charge in [0, 0.05) is 18.0 Å². The molecule has 1 heterocycles. The highest BCUT2D eigenvalue weighted by Gasteiger charge is 2.04. The Morgan fingerprint density at radius 1 is 1.05 bits per heavy atom. The van der Waals surface area contributed by atoms with Crippen LogP contribution in [0, 0.1) is 0 Å². The van der Waals surface area contributed by atoms with Crippen molar-refractivity contribution in [2.75, 3.05) is 0 Å². The van der Waals surface area contributed by atoms with E-state index in [1.165, 1.54) is 43.6 Å². The molecule has 0 aliphatic heterocycles. The van der Waals surface area contributed by atoms with Gasteiger partial charge in [0.05, 0.1) is 5.56 Å². The number of aromatic nitrogens is 2. The average Bonchev–Trinajstić information content (AvgIpc) is 2.52. The highest BCUT2D eigenvalue weighted by Crippen LogP contribution is 2.16. The van der Waals surface area contributed by atoms with Crippen LogP contribution in [0.3, 0.4) is 0 Å². The second-order valence-electron chi connectivity index (χ2n) is 5.17. The van der Waals surface area contributed by atoms with Gasteiger partial charge in [0.2, 0.25) is 0 Å². The molecule has 1 amide bonds. The minimum absolute atomic E-state index is 0.325. The topological polar surface area (TPSA) is 68.9 Å². The number of hydrogen-bond acceptors (Lipinski definition) is 3. The summed E-state index contributed by atoms with van der Waals surface area (Å²) >= 11 is 0. The van der Waals surface area contributed by atoms with Crippen LogP contribution in [-0.2, 0) is 6.42 Å². The fourth-order valence-electron chi connectivity index (χ4n) is 2.18. The summed E-state index contributed by atoms with van der Waals surface area (Å²) in [6.07, 6.45) is 9.12. The lowest BCUT2D eigenvalue weighted by Gasteiger charge is -2.04. The Hall–Kier alpha value is -2.23. The molecule has 0 fully saturated rings. The number of benzene rings is 1. The smallest absolute Gasteiger partial charge is 0.251 e. The maximum Gasteiger partial charge on any atom is 0.251 e. The van der Waals surface area contributed by atoms with Gasteiger partial charge in [-0.2, -0.15) is 0 Å². The number of carbonyl (C=O) groups excluding carboxylic acids is 1. The van der Waals surface area contributed by atoms with E-state index in [-0.39, 0.29) is 0 Å². The van der Waals surface area contributed by atoms with Crippen LogP contribution in [0.15, 0.2) is 36.7 Å². The number of nitrogens with zero attached hydrogens (tertiary/aromatic N) is 2. The zero-order valence-corrected chi connectivity index (χ0v) is 12.4. The molecule has 0 aliphatic rings. The summed E-state index contributed by atoms with van der Waals surface area (Å²) in [5, 5.41) is 0. The highest BCUT2D eigenvalue weighted by atomic mass is 16.1. The van der Waals surface area contributed by atoms with Gasteiger partial charge in [0.1, 0.15) is 0 Å². The van der Waals surface area contributed by atoms with Crippen LogP contribution in [0.2, 0.25) is 0 Å². The minimum atomic E-state index is -0.510. The van der Waals surface area contributed by atoms with Gasteiger partial charge in [-0.05, 0) is 18.4 Å². The van der Waals surface area contributed by atoms with E-state index in [4.69, 9.17) is 5.73 Å². The molecular weight excluding hydrogens is 262 g/mol. The van der Waals surface area contributed by atoms with E-state index in [2.05, 4.69) is 29.0 Å². The number of amides is 1. The van der Waals surface area contributed by atoms with Crippen LogP contribution in [0.5, 0.6) is 0 Å². The third-order valence-electron chi connectivity index (χ3n) is 3.47. The third-order valence-corrected chi connectivity index (χ3v) is 3.47. The number of primary amides is 1. The number of rotatable bonds is 7. The lowest BCUT2D eigenvalue weighted by Crippen LogP contribution is -2.11. The van der Waals surface area contributed by atoms with Gasteiger partial charge >= 0.3 is 0 Å². The van der Waals surface area contributed by atoms with E-state index in [1.807, 2.05) is 12.1 Å². The lowest BCUT2D eigenvalue weighted by molar-refractivity contribution is 0.0999. The lowest BCUT2D eigenvalue weighted by atomic mass is 10.0. The van der Waals surface area contributed by atoms with Gasteiger partial charge in [0.25, 0.3) is 5.91 Å². The highest BCUT2D eigenvalue weighted by molar-refractivity contribution is 5.92. The van der Waals surface area contributed by atoms with Crippen molar-refractivity contribution in [3.63, 3.8) is 0 Å². The predicted molar refractivity (Wildman–Crippen MR) is 83.8 cm³/mol. The second-order valence-corrected chi connectivity index (χ2v) is 5.17. The Labute approximate surface area is 125 Å². The van der Waals surface area contributed by atoms with Crippen LogP contribution in [0.1, 0.15) is 48.5 Å². The van der Waals surface area contributed by atoms with Crippen LogP contribution in [-0.4, -0.2) is 15.9 Å². The van der Waals surface area contributed by atoms with Crippen LogP contribution < -0.4 is 5.73 Å². The first kappa shape index (κ1) is 15.2. The molecule has 1 aromatic heterocycles. The number of hydrogen-bond donors (Lipinski definition) is 1. The molecule has 0 aliphatic carbocycles. The molecule has 2 rings (SSSR count). The molecular formula is C17H21N3O. The summed E-state index contributed by atoms with van der Waals surface area (Å²) in [5.41, 5.74) is 7.78. The minimum Gasteiger partial charge on any atom is -0.366 e. The molecule has 4 heteroatoms. The average molecular weight is 283 g/mol. The van der Waals surface area contributed by atoms with E-state index in [0.29, 0.717) is 11.4 Å². The molecule has 0 saturated carbocycles. The van der Waals surface area contributed by atoms with Crippen LogP contribution in [0.4, 0.5) is 0 Å². The molecule has 0 bridgehead atoms. The Morgan fingerprint density at radius 2 is 1.71 bits per heavy atom. The zero-order chi connectivity index (χ0) is 15.1. The monoisotopic (exact) mass is 283 g/mol. The molecule has 2 N–H and O–H groups in total. The van der Waals surface area contributed by atoms with Crippen molar-refractivity contribution in [3.05, 3.63) is 47.8 Å². The SMILES string of the molecule is CCCCCCc1ccc(-c2ncc(C(N)=O)cn2)cc1. The van der Waals surface area contributed by atoms with E-state index in [1.54, 1.807) is 0 Å². The molecule has 0 unspecified atom stereocenters. The zero-order valence-electron chi connectivity index (χ0n) is 12.4. The van der Waals surface area contributed by atoms with E-state index >= 15 is 0 Å². The van der Waals surface area contributed by atoms with Crippen molar-refractivity contribution >= 4 is 5.91 Å². The standard InChI is InChI=1S/C17H21N3O/c1-2-3-4-5-6-13-7-9-14(10-8-13)17-19-11-15(12-20-17)16(18)21/h7-12H,2-6H2,1H3,(H2,18,21). The maximum absolute atomic E-state index is 11.0. The molecule has 0 atom stereocenters. The van der Waals surface area contributed by atoms with Crippen molar-refractivity contribution < 1.29 is 4.79 Å². The second kappa shape index (κ2) is 7.53. The first-order valence-corrected chi connectivity index (χ1v) is 7.42. The third kappa shape index (κ3) is 4.38. The molecule has 4 nitrogen and oxygen atoms in total. The first-order valence-electron chi connectivity index (χ1n) is 7.42. The van der Waals surface area contributed by atoms with Crippen molar-refractivity contribution in [1.82, 2.24) is 9.97 Å². The van der Waals surface area contributed by atoms with Gasteiger partial charge in [-0.1, -0.05) is 50.5 Å². The van der Waals surface area contributed by atoms with Crippen LogP contribution >= 0.6 is 0 Å². The summed E-state index contributed by atoms with van der Waals surface area (Å²) in [6.45, 7) is 2.22.